The van der Waals surface area contributed by atoms with Crippen molar-refractivity contribution in [3.8, 4) is 16.9 Å². The summed E-state index contributed by atoms with van der Waals surface area (Å²) in [5, 5.41) is 2.98. The molecule has 6 nitrogen and oxygen atoms in total. The Bertz CT molecular complexity index is 1340. The van der Waals surface area contributed by atoms with E-state index in [2.05, 4.69) is 11.4 Å². The summed E-state index contributed by atoms with van der Waals surface area (Å²) in [5.41, 5.74) is 4.71. The van der Waals surface area contributed by atoms with Crippen molar-refractivity contribution in [2.45, 2.75) is 26.2 Å². The quantitative estimate of drug-likeness (QED) is 0.356. The highest BCUT2D eigenvalue weighted by molar-refractivity contribution is 5.94. The van der Waals surface area contributed by atoms with Gasteiger partial charge in [0.15, 0.2) is 0 Å². The van der Waals surface area contributed by atoms with E-state index in [1.807, 2.05) is 96.6 Å². The van der Waals surface area contributed by atoms with Crippen molar-refractivity contribution < 1.29 is 9.59 Å². The first kappa shape index (κ1) is 23.5. The molecule has 2 amide bonds. The predicted molar refractivity (Wildman–Crippen MR) is 142 cm³/mol. The average molecular weight is 479 g/mol. The number of aryl methyl sites for hydroxylation is 1. The van der Waals surface area contributed by atoms with Gasteiger partial charge >= 0.3 is 0 Å². The van der Waals surface area contributed by atoms with Crippen LogP contribution in [0, 0.1) is 12.8 Å². The summed E-state index contributed by atoms with van der Waals surface area (Å²) in [6, 6.07) is 27.6. The fourth-order valence-electron chi connectivity index (χ4n) is 4.28. The zero-order valence-corrected chi connectivity index (χ0v) is 20.4. The minimum absolute atomic E-state index is 0.00349. The lowest BCUT2D eigenvalue weighted by Gasteiger charge is -2.22. The van der Waals surface area contributed by atoms with Gasteiger partial charge in [0.05, 0.1) is 18.7 Å². The summed E-state index contributed by atoms with van der Waals surface area (Å²) in [6.07, 6.45) is 4.43. The second kappa shape index (κ2) is 10.6. The van der Waals surface area contributed by atoms with Gasteiger partial charge in [-0.1, -0.05) is 72.8 Å². The van der Waals surface area contributed by atoms with Crippen LogP contribution in [0.1, 0.15) is 24.0 Å². The number of rotatable bonds is 9. The van der Waals surface area contributed by atoms with Gasteiger partial charge in [0, 0.05) is 24.0 Å². The molecule has 1 saturated carbocycles. The number of nitrogens with one attached hydrogen (secondary N) is 1. The Morgan fingerprint density at radius 3 is 2.39 bits per heavy atom. The van der Waals surface area contributed by atoms with Crippen LogP contribution in [0.2, 0.25) is 0 Å². The monoisotopic (exact) mass is 478 g/mol. The lowest BCUT2D eigenvalue weighted by molar-refractivity contribution is -0.134. The molecule has 6 heteroatoms. The molecule has 0 atom stereocenters. The number of nitrogens with zero attached hydrogens (tertiary/aromatic N) is 3. The average Bonchev–Trinajstić information content (AvgIpc) is 3.61. The van der Waals surface area contributed by atoms with Crippen LogP contribution in [-0.2, 0) is 16.0 Å². The molecular formula is C30H30N4O2. The Morgan fingerprint density at radius 1 is 0.972 bits per heavy atom. The van der Waals surface area contributed by atoms with Crippen LogP contribution < -0.4 is 5.32 Å². The highest BCUT2D eigenvalue weighted by atomic mass is 16.2. The molecule has 0 saturated heterocycles. The zero-order chi connectivity index (χ0) is 24.9. The lowest BCUT2D eigenvalue weighted by atomic mass is 10.1. The summed E-state index contributed by atoms with van der Waals surface area (Å²) in [4.78, 5) is 32.8. The number of hydrogen-bond acceptors (Lipinski definition) is 3. The molecular weight excluding hydrogens is 448 g/mol. The van der Waals surface area contributed by atoms with Crippen molar-refractivity contribution in [1.29, 1.82) is 0 Å². The standard InChI is InChI=1S/C30H30N4O2/c1-22-9-8-14-26(17-22)34-20-27(25-12-6-3-7-13-25)31-30(34)32-28(35)21-33(19-24-15-16-24)29(36)18-23-10-4-2-5-11-23/h2-14,17,20,24H,15-16,18-19,21H2,1H3,(H,31,32,35). The van der Waals surface area contributed by atoms with Crippen LogP contribution in [0.15, 0.2) is 91.1 Å². The molecule has 1 N–H and O–H groups in total. The van der Waals surface area contributed by atoms with Gasteiger partial charge in [-0.25, -0.2) is 4.98 Å². The highest BCUT2D eigenvalue weighted by Crippen LogP contribution is 2.30. The fourth-order valence-corrected chi connectivity index (χ4v) is 4.28. The smallest absolute Gasteiger partial charge is 0.246 e. The van der Waals surface area contributed by atoms with E-state index < -0.39 is 0 Å². The number of anilines is 1. The molecule has 3 aromatic carbocycles. The van der Waals surface area contributed by atoms with Gasteiger partial charge < -0.3 is 4.90 Å². The van der Waals surface area contributed by atoms with Crippen molar-refractivity contribution in [2.24, 2.45) is 5.92 Å². The van der Waals surface area contributed by atoms with E-state index in [9.17, 15) is 9.59 Å². The summed E-state index contributed by atoms with van der Waals surface area (Å²) in [6.45, 7) is 2.65. The van der Waals surface area contributed by atoms with Crippen LogP contribution in [0.4, 0.5) is 5.95 Å². The van der Waals surface area contributed by atoms with Gasteiger partial charge in [-0.2, -0.15) is 0 Å². The molecule has 182 valence electrons. The number of hydrogen-bond donors (Lipinski definition) is 1. The molecule has 4 aromatic rings. The molecule has 36 heavy (non-hydrogen) atoms. The molecule has 1 aliphatic rings. The lowest BCUT2D eigenvalue weighted by Crippen LogP contribution is -2.40. The van der Waals surface area contributed by atoms with Crippen molar-refractivity contribution in [3.05, 3.63) is 102 Å². The van der Waals surface area contributed by atoms with Crippen molar-refractivity contribution in [2.75, 3.05) is 18.4 Å². The second-order valence-corrected chi connectivity index (χ2v) is 9.45. The number of aromatic nitrogens is 2. The maximum absolute atomic E-state index is 13.2. The maximum atomic E-state index is 13.2. The largest absolute Gasteiger partial charge is 0.333 e. The van der Waals surface area contributed by atoms with Crippen molar-refractivity contribution >= 4 is 17.8 Å². The molecule has 1 aliphatic carbocycles. The molecule has 0 bridgehead atoms. The SMILES string of the molecule is Cc1cccc(-n2cc(-c3ccccc3)nc2NC(=O)CN(CC2CC2)C(=O)Cc2ccccc2)c1. The van der Waals surface area contributed by atoms with Gasteiger partial charge in [-0.05, 0) is 48.9 Å². The predicted octanol–water partition coefficient (Wildman–Crippen LogP) is 5.27. The Balaban J connectivity index is 1.37. The molecule has 1 fully saturated rings. The zero-order valence-electron chi connectivity index (χ0n) is 20.4. The van der Waals surface area contributed by atoms with E-state index in [1.165, 1.54) is 0 Å². The van der Waals surface area contributed by atoms with Crippen LogP contribution >= 0.6 is 0 Å². The van der Waals surface area contributed by atoms with Crippen LogP contribution in [0.25, 0.3) is 16.9 Å². The molecule has 1 heterocycles. The van der Waals surface area contributed by atoms with Crippen molar-refractivity contribution in [3.63, 3.8) is 0 Å². The van der Waals surface area contributed by atoms with Crippen LogP contribution in [-0.4, -0.2) is 39.4 Å². The molecule has 5 rings (SSSR count). The first-order valence-electron chi connectivity index (χ1n) is 12.4. The molecule has 0 radical (unpaired) electrons. The number of carbonyl (C=O) groups excluding carboxylic acids is 2. The third kappa shape index (κ3) is 5.89. The van der Waals surface area contributed by atoms with E-state index in [4.69, 9.17) is 4.98 Å². The Morgan fingerprint density at radius 2 is 1.69 bits per heavy atom. The highest BCUT2D eigenvalue weighted by Gasteiger charge is 2.28. The van der Waals surface area contributed by atoms with Gasteiger partial charge in [0.1, 0.15) is 0 Å². The van der Waals surface area contributed by atoms with E-state index in [1.54, 1.807) is 4.90 Å². The second-order valence-electron chi connectivity index (χ2n) is 9.45. The summed E-state index contributed by atoms with van der Waals surface area (Å²) in [5.74, 6) is 0.634. The van der Waals surface area contributed by atoms with Crippen LogP contribution in [0.5, 0.6) is 0 Å². The summed E-state index contributed by atoms with van der Waals surface area (Å²) in [7, 11) is 0. The van der Waals surface area contributed by atoms with Gasteiger partial charge in [-0.3, -0.25) is 19.5 Å². The maximum Gasteiger partial charge on any atom is 0.246 e. The Labute approximate surface area is 211 Å². The third-order valence-electron chi connectivity index (χ3n) is 6.37. The van der Waals surface area contributed by atoms with Crippen molar-refractivity contribution in [1.82, 2.24) is 14.5 Å². The van der Waals surface area contributed by atoms with Gasteiger partial charge in [-0.15, -0.1) is 0 Å². The molecule has 0 spiro atoms. The number of benzene rings is 3. The van der Waals surface area contributed by atoms with E-state index in [0.29, 0.717) is 18.4 Å². The molecule has 0 unspecified atom stereocenters. The number of amides is 2. The summed E-state index contributed by atoms with van der Waals surface area (Å²) < 4.78 is 1.89. The Kier molecular flexibility index (Phi) is 6.94. The van der Waals surface area contributed by atoms with E-state index in [-0.39, 0.29) is 24.8 Å². The number of imidazole rings is 1. The Hall–Kier alpha value is -4.19. The normalized spacial score (nSPS) is 12.8. The first-order chi connectivity index (χ1) is 17.5. The molecule has 1 aromatic heterocycles. The van der Waals surface area contributed by atoms with E-state index >= 15 is 0 Å². The topological polar surface area (TPSA) is 67.2 Å². The van der Waals surface area contributed by atoms with Gasteiger partial charge in [0.25, 0.3) is 0 Å². The number of carbonyl (C=O) groups is 2. The first-order valence-corrected chi connectivity index (χ1v) is 12.4. The minimum Gasteiger partial charge on any atom is -0.333 e. The molecule has 0 aliphatic heterocycles. The summed E-state index contributed by atoms with van der Waals surface area (Å²) >= 11 is 0. The minimum atomic E-state index is -0.254. The fraction of sp³-hybridized carbons (Fsp3) is 0.233. The third-order valence-corrected chi connectivity index (χ3v) is 6.37. The van der Waals surface area contributed by atoms with Gasteiger partial charge in [0.2, 0.25) is 17.8 Å². The van der Waals surface area contributed by atoms with E-state index in [0.717, 1.165) is 40.9 Å². The van der Waals surface area contributed by atoms with Crippen LogP contribution in [0.3, 0.4) is 0 Å².